The van der Waals surface area contributed by atoms with Gasteiger partial charge in [-0.05, 0) is 61.8 Å². The summed E-state index contributed by atoms with van der Waals surface area (Å²) in [6, 6.07) is 5.95. The monoisotopic (exact) mass is 273 g/mol. The maximum atomic E-state index is 12.2. The first kappa shape index (κ1) is 13.2. The fourth-order valence-electron chi connectivity index (χ4n) is 3.08. The Balaban J connectivity index is 1.62. The Labute approximate surface area is 118 Å². The average molecular weight is 273 g/mol. The van der Waals surface area contributed by atoms with Crippen molar-refractivity contribution in [3.63, 3.8) is 0 Å². The molecule has 1 fully saturated rings. The van der Waals surface area contributed by atoms with E-state index in [0.717, 1.165) is 12.8 Å². The zero-order valence-electron chi connectivity index (χ0n) is 11.4. The molecule has 0 radical (unpaired) electrons. The molecule has 106 valence electrons. The number of carbonyl (C=O) groups is 2. The summed E-state index contributed by atoms with van der Waals surface area (Å²) in [5, 5.41) is 11.7. The van der Waals surface area contributed by atoms with Crippen molar-refractivity contribution >= 4 is 11.9 Å². The highest BCUT2D eigenvalue weighted by molar-refractivity contribution is 5.94. The molecule has 4 heteroatoms. The van der Waals surface area contributed by atoms with Crippen LogP contribution in [0.3, 0.4) is 0 Å². The van der Waals surface area contributed by atoms with E-state index in [4.69, 9.17) is 5.11 Å². The molecule has 1 aromatic rings. The van der Waals surface area contributed by atoms with Crippen LogP contribution >= 0.6 is 0 Å². The van der Waals surface area contributed by atoms with Crippen molar-refractivity contribution in [2.24, 2.45) is 5.92 Å². The largest absolute Gasteiger partial charge is 0.481 e. The average Bonchev–Trinajstić information content (AvgIpc) is 2.41. The molecule has 0 spiro atoms. The van der Waals surface area contributed by atoms with Crippen LogP contribution < -0.4 is 5.32 Å². The number of carbonyl (C=O) groups excluding carboxylic acids is 1. The standard InChI is InChI=1S/C16H19NO3/c18-15(17-14-8-13(9-14)16(19)20)12-6-5-10-3-1-2-4-11(10)7-12/h5-7,13-14H,1-4,8-9H2,(H,17,18)(H,19,20). The highest BCUT2D eigenvalue weighted by Gasteiger charge is 2.35. The SMILES string of the molecule is O=C(NC1CC(C(=O)O)C1)c1ccc2c(c1)CCCC2. The minimum Gasteiger partial charge on any atom is -0.481 e. The van der Waals surface area contributed by atoms with E-state index in [1.807, 2.05) is 12.1 Å². The molecule has 0 unspecified atom stereocenters. The molecule has 1 aromatic carbocycles. The van der Waals surface area contributed by atoms with Crippen LogP contribution in [0, 0.1) is 5.92 Å². The number of carboxylic acids is 1. The second-order valence-electron chi connectivity index (χ2n) is 5.87. The number of hydrogen-bond donors (Lipinski definition) is 2. The molecule has 0 atom stereocenters. The molecule has 0 bridgehead atoms. The molecule has 2 aliphatic carbocycles. The first-order chi connectivity index (χ1) is 9.63. The van der Waals surface area contributed by atoms with E-state index in [9.17, 15) is 9.59 Å². The zero-order chi connectivity index (χ0) is 14.1. The molecule has 1 amide bonds. The van der Waals surface area contributed by atoms with Crippen molar-refractivity contribution in [1.29, 1.82) is 0 Å². The normalized spacial score (nSPS) is 24.4. The lowest BCUT2D eigenvalue weighted by Gasteiger charge is -2.32. The number of nitrogens with one attached hydrogen (secondary N) is 1. The molecule has 0 heterocycles. The predicted molar refractivity (Wildman–Crippen MR) is 74.7 cm³/mol. The van der Waals surface area contributed by atoms with Crippen LogP contribution in [0.15, 0.2) is 18.2 Å². The summed E-state index contributed by atoms with van der Waals surface area (Å²) in [7, 11) is 0. The molecule has 2 aliphatic rings. The first-order valence-corrected chi connectivity index (χ1v) is 7.29. The third kappa shape index (κ3) is 2.55. The van der Waals surface area contributed by atoms with Crippen molar-refractivity contribution in [3.8, 4) is 0 Å². The molecule has 0 aliphatic heterocycles. The second kappa shape index (κ2) is 5.27. The Morgan fingerprint density at radius 2 is 1.80 bits per heavy atom. The van der Waals surface area contributed by atoms with Gasteiger partial charge >= 0.3 is 5.97 Å². The van der Waals surface area contributed by atoms with Gasteiger partial charge in [0.05, 0.1) is 5.92 Å². The maximum Gasteiger partial charge on any atom is 0.306 e. The van der Waals surface area contributed by atoms with Gasteiger partial charge < -0.3 is 10.4 Å². The fraction of sp³-hybridized carbons (Fsp3) is 0.500. The summed E-state index contributed by atoms with van der Waals surface area (Å²) in [5.74, 6) is -1.12. The molecule has 1 saturated carbocycles. The molecule has 20 heavy (non-hydrogen) atoms. The summed E-state index contributed by atoms with van der Waals surface area (Å²) in [4.78, 5) is 22.9. The quantitative estimate of drug-likeness (QED) is 0.887. The number of amides is 1. The summed E-state index contributed by atoms with van der Waals surface area (Å²) in [6.45, 7) is 0. The number of rotatable bonds is 3. The van der Waals surface area contributed by atoms with Crippen LogP contribution in [0.4, 0.5) is 0 Å². The van der Waals surface area contributed by atoms with Crippen molar-refractivity contribution < 1.29 is 14.7 Å². The van der Waals surface area contributed by atoms with Crippen LogP contribution in [0.5, 0.6) is 0 Å². The summed E-state index contributed by atoms with van der Waals surface area (Å²) in [6.07, 6.45) is 5.69. The summed E-state index contributed by atoms with van der Waals surface area (Å²) in [5.41, 5.74) is 3.35. The Bertz CT molecular complexity index is 547. The smallest absolute Gasteiger partial charge is 0.306 e. The third-order valence-electron chi connectivity index (χ3n) is 4.43. The third-order valence-corrected chi connectivity index (χ3v) is 4.43. The lowest BCUT2D eigenvalue weighted by Crippen LogP contribution is -2.46. The Morgan fingerprint density at radius 1 is 1.10 bits per heavy atom. The van der Waals surface area contributed by atoms with E-state index < -0.39 is 5.97 Å². The number of hydrogen-bond acceptors (Lipinski definition) is 2. The highest BCUT2D eigenvalue weighted by atomic mass is 16.4. The second-order valence-corrected chi connectivity index (χ2v) is 5.87. The van der Waals surface area contributed by atoms with Gasteiger partial charge in [-0.1, -0.05) is 6.07 Å². The molecule has 4 nitrogen and oxygen atoms in total. The van der Waals surface area contributed by atoms with Crippen LogP contribution in [0.25, 0.3) is 0 Å². The summed E-state index contributed by atoms with van der Waals surface area (Å²) < 4.78 is 0. The van der Waals surface area contributed by atoms with E-state index >= 15 is 0 Å². The number of aliphatic carboxylic acids is 1. The van der Waals surface area contributed by atoms with E-state index in [-0.39, 0.29) is 17.9 Å². The van der Waals surface area contributed by atoms with Crippen molar-refractivity contribution in [2.75, 3.05) is 0 Å². The van der Waals surface area contributed by atoms with Crippen LogP contribution in [0.2, 0.25) is 0 Å². The van der Waals surface area contributed by atoms with Gasteiger partial charge in [0.1, 0.15) is 0 Å². The van der Waals surface area contributed by atoms with Gasteiger partial charge in [-0.25, -0.2) is 0 Å². The topological polar surface area (TPSA) is 66.4 Å². The summed E-state index contributed by atoms with van der Waals surface area (Å²) >= 11 is 0. The molecule has 2 N–H and O–H groups in total. The molecule has 3 rings (SSSR count). The van der Waals surface area contributed by atoms with Crippen molar-refractivity contribution in [2.45, 2.75) is 44.6 Å². The fourth-order valence-corrected chi connectivity index (χ4v) is 3.08. The molecule has 0 aromatic heterocycles. The maximum absolute atomic E-state index is 12.2. The Kier molecular flexibility index (Phi) is 3.47. The number of aryl methyl sites for hydroxylation is 2. The number of benzene rings is 1. The van der Waals surface area contributed by atoms with Gasteiger partial charge in [-0.3, -0.25) is 9.59 Å². The van der Waals surface area contributed by atoms with Crippen LogP contribution in [-0.2, 0) is 17.6 Å². The highest BCUT2D eigenvalue weighted by Crippen LogP contribution is 2.28. The van der Waals surface area contributed by atoms with E-state index in [1.165, 1.54) is 24.0 Å². The minimum absolute atomic E-state index is 0.0135. The Morgan fingerprint density at radius 3 is 2.50 bits per heavy atom. The molecular weight excluding hydrogens is 254 g/mol. The van der Waals surface area contributed by atoms with Gasteiger partial charge in [0.25, 0.3) is 5.91 Å². The van der Waals surface area contributed by atoms with Crippen molar-refractivity contribution in [1.82, 2.24) is 5.32 Å². The molecular formula is C16H19NO3. The number of carboxylic acid groups (broad SMARTS) is 1. The molecule has 0 saturated heterocycles. The van der Waals surface area contributed by atoms with Gasteiger partial charge in [0.15, 0.2) is 0 Å². The van der Waals surface area contributed by atoms with Crippen LogP contribution in [-0.4, -0.2) is 23.0 Å². The van der Waals surface area contributed by atoms with Gasteiger partial charge in [-0.15, -0.1) is 0 Å². The lowest BCUT2D eigenvalue weighted by atomic mass is 9.80. The van der Waals surface area contributed by atoms with Gasteiger partial charge in [0.2, 0.25) is 0 Å². The van der Waals surface area contributed by atoms with Gasteiger partial charge in [0, 0.05) is 11.6 Å². The van der Waals surface area contributed by atoms with E-state index in [0.29, 0.717) is 18.4 Å². The number of fused-ring (bicyclic) bond motifs is 1. The lowest BCUT2D eigenvalue weighted by molar-refractivity contribution is -0.145. The Hall–Kier alpha value is -1.84. The zero-order valence-corrected chi connectivity index (χ0v) is 11.4. The predicted octanol–water partition coefficient (Wildman–Crippen LogP) is 2.16. The van der Waals surface area contributed by atoms with Crippen LogP contribution in [0.1, 0.15) is 47.2 Å². The van der Waals surface area contributed by atoms with Gasteiger partial charge in [-0.2, -0.15) is 0 Å². The van der Waals surface area contributed by atoms with Crippen molar-refractivity contribution in [3.05, 3.63) is 34.9 Å². The first-order valence-electron chi connectivity index (χ1n) is 7.29. The minimum atomic E-state index is -0.760. The van der Waals surface area contributed by atoms with E-state index in [1.54, 1.807) is 0 Å². The van der Waals surface area contributed by atoms with E-state index in [2.05, 4.69) is 11.4 Å².